The van der Waals surface area contributed by atoms with Crippen LogP contribution in [0.25, 0.3) is 0 Å². The molecule has 8 heteroatoms. The first-order valence-electron chi connectivity index (χ1n) is 8.54. The molecule has 1 saturated heterocycles. The fraction of sp³-hybridized carbons (Fsp3) is 0.389. The Bertz CT molecular complexity index is 950. The maximum absolute atomic E-state index is 13.3. The Morgan fingerprint density at radius 1 is 1.23 bits per heavy atom. The van der Waals surface area contributed by atoms with E-state index in [4.69, 9.17) is 9.15 Å². The summed E-state index contributed by atoms with van der Waals surface area (Å²) in [6.07, 6.45) is 0.702. The van der Waals surface area contributed by atoms with Crippen LogP contribution in [-0.4, -0.2) is 44.9 Å². The molecule has 26 heavy (non-hydrogen) atoms. The maximum Gasteiger partial charge on any atom is 0.251 e. The molecule has 1 N–H and O–H groups in total. The third-order valence-electron chi connectivity index (χ3n) is 4.78. The summed E-state index contributed by atoms with van der Waals surface area (Å²) in [7, 11) is -3.79. The van der Waals surface area contributed by atoms with Crippen LogP contribution in [0.1, 0.15) is 33.5 Å². The highest BCUT2D eigenvalue weighted by Crippen LogP contribution is 2.32. The summed E-state index contributed by atoms with van der Waals surface area (Å²) < 4.78 is 39.1. The van der Waals surface area contributed by atoms with Crippen molar-refractivity contribution >= 4 is 15.9 Å². The third-order valence-corrected chi connectivity index (χ3v) is 6.69. The molecule has 4 rings (SSSR count). The van der Waals surface area contributed by atoms with E-state index < -0.39 is 16.1 Å². The minimum absolute atomic E-state index is 0.114. The molecule has 0 spiro atoms. The number of hydrogen-bond acceptors (Lipinski definition) is 5. The van der Waals surface area contributed by atoms with E-state index in [1.807, 2.05) is 6.92 Å². The minimum Gasteiger partial charge on any atom is -0.465 e. The molecule has 138 valence electrons. The Morgan fingerprint density at radius 3 is 2.85 bits per heavy atom. The first kappa shape index (κ1) is 17.3. The largest absolute Gasteiger partial charge is 0.465 e. The number of ether oxygens (including phenoxy) is 1. The number of nitrogens with one attached hydrogen (secondary N) is 1. The molecule has 2 aliphatic heterocycles. The van der Waals surface area contributed by atoms with Crippen LogP contribution in [0.4, 0.5) is 0 Å². The monoisotopic (exact) mass is 376 g/mol. The van der Waals surface area contributed by atoms with E-state index in [2.05, 4.69) is 5.32 Å². The van der Waals surface area contributed by atoms with Crippen molar-refractivity contribution in [1.82, 2.24) is 9.62 Å². The summed E-state index contributed by atoms with van der Waals surface area (Å²) in [5, 5.41) is 2.75. The minimum atomic E-state index is -3.79. The van der Waals surface area contributed by atoms with Crippen molar-refractivity contribution in [2.24, 2.45) is 0 Å². The Morgan fingerprint density at radius 2 is 2.08 bits per heavy atom. The van der Waals surface area contributed by atoms with E-state index >= 15 is 0 Å². The molecule has 2 aliphatic rings. The molecular formula is C18H20N2O5S. The predicted molar refractivity (Wildman–Crippen MR) is 93.4 cm³/mol. The second-order valence-corrected chi connectivity index (χ2v) is 8.37. The van der Waals surface area contributed by atoms with Crippen LogP contribution in [0.5, 0.6) is 0 Å². The topological polar surface area (TPSA) is 88.8 Å². The number of amides is 1. The number of fused-ring (bicyclic) bond motifs is 1. The van der Waals surface area contributed by atoms with Gasteiger partial charge in [-0.1, -0.05) is 6.07 Å². The molecule has 0 aliphatic carbocycles. The summed E-state index contributed by atoms with van der Waals surface area (Å²) in [5.41, 5.74) is 1.30. The van der Waals surface area contributed by atoms with Gasteiger partial charge in [0, 0.05) is 18.7 Å². The quantitative estimate of drug-likeness (QED) is 0.880. The van der Waals surface area contributed by atoms with Crippen molar-refractivity contribution in [3.8, 4) is 0 Å². The van der Waals surface area contributed by atoms with Gasteiger partial charge in [0.15, 0.2) is 0 Å². The van der Waals surface area contributed by atoms with Crippen LogP contribution in [0.15, 0.2) is 39.6 Å². The number of furan rings is 1. The Kier molecular flexibility index (Phi) is 4.34. The van der Waals surface area contributed by atoms with Crippen molar-refractivity contribution in [1.29, 1.82) is 0 Å². The highest BCUT2D eigenvalue weighted by molar-refractivity contribution is 7.89. The molecular weight excluding hydrogens is 356 g/mol. The second-order valence-electron chi connectivity index (χ2n) is 6.48. The van der Waals surface area contributed by atoms with Crippen LogP contribution < -0.4 is 5.32 Å². The van der Waals surface area contributed by atoms with Crippen LogP contribution in [0.3, 0.4) is 0 Å². The SMILES string of the molecule is Cc1ccc(C2COCCN2S(=O)(=O)c2ccc3c(c2)C(=O)NCC3)o1. The van der Waals surface area contributed by atoms with Gasteiger partial charge >= 0.3 is 0 Å². The summed E-state index contributed by atoms with van der Waals surface area (Å²) >= 11 is 0. The molecule has 1 aromatic heterocycles. The summed E-state index contributed by atoms with van der Waals surface area (Å²) in [4.78, 5) is 12.2. The molecule has 3 heterocycles. The summed E-state index contributed by atoms with van der Waals surface area (Å²) in [6.45, 7) is 3.17. The van der Waals surface area contributed by atoms with Gasteiger partial charge in [-0.15, -0.1) is 0 Å². The zero-order valence-corrected chi connectivity index (χ0v) is 15.2. The predicted octanol–water partition coefficient (Wildman–Crippen LogP) is 1.64. The Hall–Kier alpha value is -2.16. The standard InChI is InChI=1S/C18H20N2O5S/c1-12-2-5-17(25-12)16-11-24-9-8-20(16)26(22,23)14-4-3-13-6-7-19-18(21)15(13)10-14/h2-5,10,16H,6-9,11H2,1H3,(H,19,21). The van der Waals surface area contributed by atoms with Gasteiger partial charge in [-0.3, -0.25) is 4.79 Å². The second kappa shape index (κ2) is 6.53. The first-order valence-corrected chi connectivity index (χ1v) is 9.98. The van der Waals surface area contributed by atoms with Crippen molar-refractivity contribution < 1.29 is 22.4 Å². The fourth-order valence-corrected chi connectivity index (χ4v) is 5.01. The zero-order chi connectivity index (χ0) is 18.3. The van der Waals surface area contributed by atoms with Crippen LogP contribution >= 0.6 is 0 Å². The maximum atomic E-state index is 13.3. The van der Waals surface area contributed by atoms with E-state index in [0.717, 1.165) is 5.56 Å². The van der Waals surface area contributed by atoms with Gasteiger partial charge in [-0.05, 0) is 43.2 Å². The van der Waals surface area contributed by atoms with Crippen molar-refractivity contribution in [2.75, 3.05) is 26.3 Å². The Labute approximate surface area is 152 Å². The van der Waals surface area contributed by atoms with E-state index in [1.165, 1.54) is 10.4 Å². The van der Waals surface area contributed by atoms with Crippen molar-refractivity contribution in [2.45, 2.75) is 24.3 Å². The van der Waals surface area contributed by atoms with Gasteiger partial charge in [0.1, 0.15) is 17.6 Å². The molecule has 1 atom stereocenters. The molecule has 1 amide bonds. The van der Waals surface area contributed by atoms with Crippen molar-refractivity contribution in [3.63, 3.8) is 0 Å². The number of benzene rings is 1. The summed E-state index contributed by atoms with van der Waals surface area (Å²) in [5.74, 6) is 1.04. The highest BCUT2D eigenvalue weighted by atomic mass is 32.2. The fourth-order valence-electron chi connectivity index (χ4n) is 3.42. The van der Waals surface area contributed by atoms with Gasteiger partial charge in [0.25, 0.3) is 5.91 Å². The molecule has 0 bridgehead atoms. The van der Waals surface area contributed by atoms with E-state index in [0.29, 0.717) is 36.7 Å². The van der Waals surface area contributed by atoms with Crippen LogP contribution in [0.2, 0.25) is 0 Å². The smallest absolute Gasteiger partial charge is 0.251 e. The van der Waals surface area contributed by atoms with E-state index in [1.54, 1.807) is 24.3 Å². The average molecular weight is 376 g/mol. The van der Waals surface area contributed by atoms with Gasteiger partial charge in [-0.2, -0.15) is 4.31 Å². The summed E-state index contributed by atoms with van der Waals surface area (Å²) in [6, 6.07) is 7.83. The number of rotatable bonds is 3. The lowest BCUT2D eigenvalue weighted by Crippen LogP contribution is -2.43. The van der Waals surface area contributed by atoms with Crippen LogP contribution in [-0.2, 0) is 21.2 Å². The number of sulfonamides is 1. The molecule has 0 saturated carbocycles. The number of aryl methyl sites for hydroxylation is 1. The normalized spacial score (nSPS) is 21.3. The highest BCUT2D eigenvalue weighted by Gasteiger charge is 2.37. The number of carbonyl (C=O) groups is 1. The van der Waals surface area contributed by atoms with E-state index in [-0.39, 0.29) is 24.0 Å². The molecule has 0 radical (unpaired) electrons. The molecule has 1 unspecified atom stereocenters. The van der Waals surface area contributed by atoms with Gasteiger partial charge in [-0.25, -0.2) is 8.42 Å². The Balaban J connectivity index is 1.73. The lowest BCUT2D eigenvalue weighted by atomic mass is 10.0. The zero-order valence-electron chi connectivity index (χ0n) is 14.4. The molecule has 1 aromatic carbocycles. The lowest BCUT2D eigenvalue weighted by Gasteiger charge is -2.33. The molecule has 7 nitrogen and oxygen atoms in total. The van der Waals surface area contributed by atoms with E-state index in [9.17, 15) is 13.2 Å². The number of nitrogens with zero attached hydrogens (tertiary/aromatic N) is 1. The van der Waals surface area contributed by atoms with Gasteiger partial charge in [0.05, 0.1) is 18.1 Å². The third kappa shape index (κ3) is 2.94. The number of morpholine rings is 1. The van der Waals surface area contributed by atoms with Gasteiger partial charge < -0.3 is 14.5 Å². The first-order chi connectivity index (χ1) is 12.5. The van der Waals surface area contributed by atoms with Crippen LogP contribution in [0, 0.1) is 6.92 Å². The average Bonchev–Trinajstić information content (AvgIpc) is 3.08. The number of carbonyl (C=O) groups excluding carboxylic acids is 1. The lowest BCUT2D eigenvalue weighted by molar-refractivity contribution is 0.0241. The molecule has 2 aromatic rings. The molecule has 1 fully saturated rings. The number of hydrogen-bond donors (Lipinski definition) is 1. The van der Waals surface area contributed by atoms with Crippen molar-refractivity contribution in [3.05, 3.63) is 53.0 Å². The van der Waals surface area contributed by atoms with Gasteiger partial charge in [0.2, 0.25) is 10.0 Å².